The van der Waals surface area contributed by atoms with Crippen molar-refractivity contribution in [2.45, 2.75) is 13.3 Å². The lowest BCUT2D eigenvalue weighted by Gasteiger charge is -2.09. The number of rotatable bonds is 5. The topological polar surface area (TPSA) is 64.3 Å². The standard InChI is InChI=1S/C16H17FN2O2/c1-11-6-7-12(10-13(11)17)21-9-8-16(20)19-15-5-3-2-4-14(15)18/h2-7,10H,8-9,18H2,1H3,(H,19,20). The Morgan fingerprint density at radius 2 is 2.05 bits per heavy atom. The van der Waals surface area contributed by atoms with E-state index in [0.717, 1.165) is 0 Å². The summed E-state index contributed by atoms with van der Waals surface area (Å²) in [5.41, 5.74) is 7.37. The van der Waals surface area contributed by atoms with E-state index in [1.54, 1.807) is 43.3 Å². The molecule has 2 aromatic rings. The number of nitrogens with two attached hydrogens (primary N) is 1. The summed E-state index contributed by atoms with van der Waals surface area (Å²) in [7, 11) is 0. The van der Waals surface area contributed by atoms with E-state index in [0.29, 0.717) is 22.7 Å². The van der Waals surface area contributed by atoms with E-state index in [9.17, 15) is 9.18 Å². The lowest BCUT2D eigenvalue weighted by molar-refractivity contribution is -0.116. The van der Waals surface area contributed by atoms with Crippen LogP contribution < -0.4 is 15.8 Å². The van der Waals surface area contributed by atoms with Gasteiger partial charge in [-0.3, -0.25) is 4.79 Å². The van der Waals surface area contributed by atoms with Gasteiger partial charge in [-0.1, -0.05) is 18.2 Å². The molecule has 2 aromatic carbocycles. The minimum Gasteiger partial charge on any atom is -0.493 e. The second-order valence-corrected chi connectivity index (χ2v) is 4.64. The van der Waals surface area contributed by atoms with Crippen molar-refractivity contribution in [3.8, 4) is 5.75 Å². The van der Waals surface area contributed by atoms with Crippen molar-refractivity contribution in [2.75, 3.05) is 17.7 Å². The predicted molar refractivity (Wildman–Crippen MR) is 80.7 cm³/mol. The molecule has 0 spiro atoms. The molecule has 0 aromatic heterocycles. The summed E-state index contributed by atoms with van der Waals surface area (Å²) in [4.78, 5) is 11.8. The number of carbonyl (C=O) groups is 1. The number of anilines is 2. The summed E-state index contributed by atoms with van der Waals surface area (Å²) in [6, 6.07) is 11.6. The molecule has 2 rings (SSSR count). The van der Waals surface area contributed by atoms with Gasteiger partial charge in [0.2, 0.25) is 5.91 Å². The summed E-state index contributed by atoms with van der Waals surface area (Å²) < 4.78 is 18.7. The molecule has 3 N–H and O–H groups in total. The van der Waals surface area contributed by atoms with E-state index < -0.39 is 0 Å². The third-order valence-corrected chi connectivity index (χ3v) is 2.98. The van der Waals surface area contributed by atoms with Crippen molar-refractivity contribution in [1.29, 1.82) is 0 Å². The van der Waals surface area contributed by atoms with Crippen LogP contribution in [-0.2, 0) is 4.79 Å². The number of amides is 1. The van der Waals surface area contributed by atoms with Crippen LogP contribution in [0.25, 0.3) is 0 Å². The fourth-order valence-corrected chi connectivity index (χ4v) is 1.75. The summed E-state index contributed by atoms with van der Waals surface area (Å²) in [6.45, 7) is 1.85. The molecule has 1 amide bonds. The number of aryl methyl sites for hydroxylation is 1. The van der Waals surface area contributed by atoms with Gasteiger partial charge in [-0.2, -0.15) is 0 Å². The number of carbonyl (C=O) groups excluding carboxylic acids is 1. The molecule has 0 aliphatic heterocycles. The number of nitrogen functional groups attached to an aromatic ring is 1. The molecule has 5 heteroatoms. The SMILES string of the molecule is Cc1ccc(OCCC(=O)Nc2ccccc2N)cc1F. The summed E-state index contributed by atoms with van der Waals surface area (Å²) in [6.07, 6.45) is 0.157. The molecular formula is C16H17FN2O2. The highest BCUT2D eigenvalue weighted by atomic mass is 19.1. The first-order valence-electron chi connectivity index (χ1n) is 6.59. The summed E-state index contributed by atoms with van der Waals surface area (Å²) >= 11 is 0. The van der Waals surface area contributed by atoms with Crippen molar-refractivity contribution in [1.82, 2.24) is 0 Å². The average molecular weight is 288 g/mol. The van der Waals surface area contributed by atoms with Crippen LogP contribution in [0.1, 0.15) is 12.0 Å². The number of hydrogen-bond acceptors (Lipinski definition) is 3. The molecule has 0 saturated carbocycles. The smallest absolute Gasteiger partial charge is 0.227 e. The Balaban J connectivity index is 1.82. The Labute approximate surface area is 122 Å². The van der Waals surface area contributed by atoms with Crippen LogP contribution in [0, 0.1) is 12.7 Å². The maximum Gasteiger partial charge on any atom is 0.227 e. The zero-order valence-electron chi connectivity index (χ0n) is 11.7. The summed E-state index contributed by atoms with van der Waals surface area (Å²) in [5, 5.41) is 2.70. The first-order chi connectivity index (χ1) is 10.1. The van der Waals surface area contributed by atoms with E-state index in [1.165, 1.54) is 6.07 Å². The molecule has 0 heterocycles. The highest BCUT2D eigenvalue weighted by Gasteiger charge is 2.06. The highest BCUT2D eigenvalue weighted by molar-refractivity contribution is 5.93. The Morgan fingerprint density at radius 1 is 1.29 bits per heavy atom. The third-order valence-electron chi connectivity index (χ3n) is 2.98. The molecular weight excluding hydrogens is 271 g/mol. The van der Waals surface area contributed by atoms with Crippen LogP contribution >= 0.6 is 0 Å². The van der Waals surface area contributed by atoms with Gasteiger partial charge in [0.15, 0.2) is 0 Å². The molecule has 0 unspecified atom stereocenters. The van der Waals surface area contributed by atoms with Crippen LogP contribution in [0.3, 0.4) is 0 Å². The zero-order valence-corrected chi connectivity index (χ0v) is 11.7. The second kappa shape index (κ2) is 6.74. The van der Waals surface area contributed by atoms with Gasteiger partial charge in [0, 0.05) is 6.07 Å². The molecule has 110 valence electrons. The fraction of sp³-hybridized carbons (Fsp3) is 0.188. The molecule has 21 heavy (non-hydrogen) atoms. The van der Waals surface area contributed by atoms with Crippen LogP contribution in [-0.4, -0.2) is 12.5 Å². The van der Waals surface area contributed by atoms with Gasteiger partial charge in [0.05, 0.1) is 24.4 Å². The number of ether oxygens (including phenoxy) is 1. The van der Waals surface area contributed by atoms with Gasteiger partial charge in [0.1, 0.15) is 11.6 Å². The van der Waals surface area contributed by atoms with Crippen LogP contribution in [0.2, 0.25) is 0 Å². The van der Waals surface area contributed by atoms with Crippen LogP contribution in [0.5, 0.6) is 5.75 Å². The number of para-hydroxylation sites is 2. The molecule has 4 nitrogen and oxygen atoms in total. The van der Waals surface area contributed by atoms with E-state index in [-0.39, 0.29) is 24.8 Å². The van der Waals surface area contributed by atoms with Gasteiger partial charge in [-0.15, -0.1) is 0 Å². The molecule has 0 fully saturated rings. The van der Waals surface area contributed by atoms with Crippen molar-refractivity contribution < 1.29 is 13.9 Å². The Kier molecular flexibility index (Phi) is 4.77. The molecule has 0 aliphatic rings. The van der Waals surface area contributed by atoms with Gasteiger partial charge in [-0.05, 0) is 30.7 Å². The predicted octanol–water partition coefficient (Wildman–Crippen LogP) is 3.12. The minimum atomic E-state index is -0.325. The summed E-state index contributed by atoms with van der Waals surface area (Å²) in [5.74, 6) is -0.125. The van der Waals surface area contributed by atoms with E-state index >= 15 is 0 Å². The monoisotopic (exact) mass is 288 g/mol. The number of halogens is 1. The highest BCUT2D eigenvalue weighted by Crippen LogP contribution is 2.18. The second-order valence-electron chi connectivity index (χ2n) is 4.64. The first kappa shape index (κ1) is 14.8. The van der Waals surface area contributed by atoms with Crippen molar-refractivity contribution >= 4 is 17.3 Å². The molecule has 0 radical (unpaired) electrons. The van der Waals surface area contributed by atoms with Crippen molar-refractivity contribution in [3.63, 3.8) is 0 Å². The molecule has 0 saturated heterocycles. The number of hydrogen-bond donors (Lipinski definition) is 2. The zero-order chi connectivity index (χ0) is 15.2. The van der Waals surface area contributed by atoms with Gasteiger partial charge >= 0.3 is 0 Å². The molecule has 0 atom stereocenters. The maximum atomic E-state index is 13.3. The maximum absolute atomic E-state index is 13.3. The van der Waals surface area contributed by atoms with Gasteiger partial charge in [-0.25, -0.2) is 4.39 Å². The average Bonchev–Trinajstić information content (AvgIpc) is 2.45. The van der Waals surface area contributed by atoms with Gasteiger partial charge in [0.25, 0.3) is 0 Å². The Hall–Kier alpha value is -2.56. The number of benzene rings is 2. The van der Waals surface area contributed by atoms with E-state index in [1.807, 2.05) is 0 Å². The quantitative estimate of drug-likeness (QED) is 0.831. The van der Waals surface area contributed by atoms with E-state index in [2.05, 4.69) is 5.32 Å². The molecule has 0 bridgehead atoms. The minimum absolute atomic E-state index is 0.157. The van der Waals surface area contributed by atoms with Gasteiger partial charge < -0.3 is 15.8 Å². The number of nitrogens with one attached hydrogen (secondary N) is 1. The van der Waals surface area contributed by atoms with Crippen LogP contribution in [0.15, 0.2) is 42.5 Å². The lowest BCUT2D eigenvalue weighted by Crippen LogP contribution is -2.16. The van der Waals surface area contributed by atoms with E-state index in [4.69, 9.17) is 10.5 Å². The molecule has 0 aliphatic carbocycles. The normalized spacial score (nSPS) is 10.2. The Morgan fingerprint density at radius 3 is 2.76 bits per heavy atom. The Bertz CT molecular complexity index is 644. The van der Waals surface area contributed by atoms with Crippen molar-refractivity contribution in [3.05, 3.63) is 53.8 Å². The third kappa shape index (κ3) is 4.21. The fourth-order valence-electron chi connectivity index (χ4n) is 1.75. The lowest BCUT2D eigenvalue weighted by atomic mass is 10.2. The first-order valence-corrected chi connectivity index (χ1v) is 6.59. The van der Waals surface area contributed by atoms with Crippen molar-refractivity contribution in [2.24, 2.45) is 0 Å². The van der Waals surface area contributed by atoms with Crippen LogP contribution in [0.4, 0.5) is 15.8 Å². The largest absolute Gasteiger partial charge is 0.493 e.